The minimum absolute atomic E-state index is 0.0795. The Morgan fingerprint density at radius 2 is 1.70 bits per heavy atom. The zero-order chi connectivity index (χ0) is 19.2. The van der Waals surface area contributed by atoms with E-state index >= 15 is 0 Å². The summed E-state index contributed by atoms with van der Waals surface area (Å²) in [6, 6.07) is 13.9. The molecule has 136 valence electrons. The highest BCUT2D eigenvalue weighted by atomic mass is 19.1. The van der Waals surface area contributed by atoms with Gasteiger partial charge in [-0.15, -0.1) is 0 Å². The second-order valence-electron chi connectivity index (χ2n) is 5.58. The number of carbonyl (C=O) groups excluding carboxylic acids is 2. The molecule has 27 heavy (non-hydrogen) atoms. The molecular weight excluding hydrogens is 349 g/mol. The summed E-state index contributed by atoms with van der Waals surface area (Å²) in [6.45, 7) is 0. The lowest BCUT2D eigenvalue weighted by Crippen LogP contribution is -2.16. The molecule has 7 heteroatoms. The van der Waals surface area contributed by atoms with Gasteiger partial charge in [-0.1, -0.05) is 18.2 Å². The summed E-state index contributed by atoms with van der Waals surface area (Å²) >= 11 is 0. The molecule has 0 unspecified atom stereocenters. The summed E-state index contributed by atoms with van der Waals surface area (Å²) in [5.41, 5.74) is 1.05. The minimum Gasteiger partial charge on any atom is -0.494 e. The van der Waals surface area contributed by atoms with Crippen LogP contribution < -0.4 is 15.4 Å². The standard InChI is InChI=1S/C20H16FN3O3/c1-27-18-12-22-8-7-17(18)20(26)24-16-10-13(9-14(21)11-16)19(25)23-15-5-3-2-4-6-15/h2-12H,1H3,(H,23,25)(H,24,26). The van der Waals surface area contributed by atoms with Gasteiger partial charge in [0.2, 0.25) is 0 Å². The number of hydrogen-bond acceptors (Lipinski definition) is 4. The van der Waals surface area contributed by atoms with Gasteiger partial charge in [0, 0.05) is 23.1 Å². The summed E-state index contributed by atoms with van der Waals surface area (Å²) in [7, 11) is 1.42. The Balaban J connectivity index is 1.81. The normalized spacial score (nSPS) is 10.1. The molecule has 1 aromatic heterocycles. The number of methoxy groups -OCH3 is 1. The number of hydrogen-bond donors (Lipinski definition) is 2. The van der Waals surface area contributed by atoms with Crippen molar-refractivity contribution in [2.45, 2.75) is 0 Å². The average molecular weight is 365 g/mol. The van der Waals surface area contributed by atoms with Crippen molar-refractivity contribution < 1.29 is 18.7 Å². The van der Waals surface area contributed by atoms with Gasteiger partial charge in [-0.25, -0.2) is 4.39 Å². The Labute approximate surface area is 155 Å². The molecule has 0 atom stereocenters. The summed E-state index contributed by atoms with van der Waals surface area (Å²) in [5, 5.41) is 5.24. The minimum atomic E-state index is -0.646. The highest BCUT2D eigenvalue weighted by molar-refractivity contribution is 6.08. The van der Waals surface area contributed by atoms with Crippen molar-refractivity contribution in [2.75, 3.05) is 17.7 Å². The number of benzene rings is 2. The molecule has 0 aliphatic heterocycles. The number of ether oxygens (including phenoxy) is 1. The lowest BCUT2D eigenvalue weighted by Gasteiger charge is -2.10. The molecule has 1 heterocycles. The Kier molecular flexibility index (Phi) is 5.41. The molecule has 0 spiro atoms. The van der Waals surface area contributed by atoms with Gasteiger partial charge in [-0.2, -0.15) is 0 Å². The maximum atomic E-state index is 14.0. The molecule has 0 aliphatic carbocycles. The summed E-state index contributed by atoms with van der Waals surface area (Å²) in [4.78, 5) is 28.7. The van der Waals surface area contributed by atoms with Gasteiger partial charge < -0.3 is 15.4 Å². The number of carbonyl (C=O) groups is 2. The molecule has 3 aromatic rings. The predicted octanol–water partition coefficient (Wildman–Crippen LogP) is 3.73. The fraction of sp³-hybridized carbons (Fsp3) is 0.0500. The third kappa shape index (κ3) is 4.46. The zero-order valence-electron chi connectivity index (χ0n) is 14.4. The monoisotopic (exact) mass is 365 g/mol. The number of halogens is 1. The second kappa shape index (κ2) is 8.09. The first kappa shape index (κ1) is 18.1. The van der Waals surface area contributed by atoms with E-state index < -0.39 is 17.6 Å². The molecule has 3 rings (SSSR count). The number of rotatable bonds is 5. The van der Waals surface area contributed by atoms with Crippen molar-refractivity contribution in [1.82, 2.24) is 4.98 Å². The van der Waals surface area contributed by atoms with Gasteiger partial charge in [0.25, 0.3) is 11.8 Å². The Bertz CT molecular complexity index is 977. The quantitative estimate of drug-likeness (QED) is 0.722. The highest BCUT2D eigenvalue weighted by Crippen LogP contribution is 2.20. The molecule has 0 saturated heterocycles. The predicted molar refractivity (Wildman–Crippen MR) is 99.5 cm³/mol. The zero-order valence-corrected chi connectivity index (χ0v) is 14.4. The van der Waals surface area contributed by atoms with Crippen molar-refractivity contribution in [3.63, 3.8) is 0 Å². The largest absolute Gasteiger partial charge is 0.494 e. The maximum Gasteiger partial charge on any atom is 0.259 e. The average Bonchev–Trinajstić information content (AvgIpc) is 2.68. The van der Waals surface area contributed by atoms with Crippen LogP contribution in [0.5, 0.6) is 5.75 Å². The van der Waals surface area contributed by atoms with E-state index in [1.54, 1.807) is 24.3 Å². The smallest absolute Gasteiger partial charge is 0.259 e. The van der Waals surface area contributed by atoms with E-state index in [2.05, 4.69) is 15.6 Å². The fourth-order valence-corrected chi connectivity index (χ4v) is 2.45. The second-order valence-corrected chi connectivity index (χ2v) is 5.58. The van der Waals surface area contributed by atoms with Crippen LogP contribution in [-0.4, -0.2) is 23.9 Å². The first-order chi connectivity index (χ1) is 13.1. The molecular formula is C20H16FN3O3. The molecule has 0 aliphatic rings. The van der Waals surface area contributed by atoms with E-state index in [-0.39, 0.29) is 22.6 Å². The summed E-state index contributed by atoms with van der Waals surface area (Å²) in [6.07, 6.45) is 2.85. The molecule has 0 radical (unpaired) electrons. The van der Waals surface area contributed by atoms with Crippen LogP contribution in [-0.2, 0) is 0 Å². The van der Waals surface area contributed by atoms with Crippen LogP contribution in [0.1, 0.15) is 20.7 Å². The van der Waals surface area contributed by atoms with Gasteiger partial charge in [-0.3, -0.25) is 14.6 Å². The van der Waals surface area contributed by atoms with E-state index in [0.717, 1.165) is 12.1 Å². The lowest BCUT2D eigenvalue weighted by molar-refractivity contribution is 0.101. The number of pyridine rings is 1. The van der Waals surface area contributed by atoms with Crippen LogP contribution in [0.25, 0.3) is 0 Å². The summed E-state index contributed by atoms with van der Waals surface area (Å²) < 4.78 is 19.1. The Hall–Kier alpha value is -3.74. The number of nitrogens with one attached hydrogen (secondary N) is 2. The van der Waals surface area contributed by atoms with Crippen molar-refractivity contribution in [3.05, 3.63) is 83.9 Å². The Morgan fingerprint density at radius 3 is 2.44 bits per heavy atom. The molecule has 0 fully saturated rings. The van der Waals surface area contributed by atoms with Crippen LogP contribution in [0, 0.1) is 5.82 Å². The third-order valence-corrected chi connectivity index (χ3v) is 3.70. The molecule has 0 saturated carbocycles. The first-order valence-corrected chi connectivity index (χ1v) is 8.03. The van der Waals surface area contributed by atoms with Gasteiger partial charge in [0.05, 0.1) is 18.9 Å². The number of anilines is 2. The highest BCUT2D eigenvalue weighted by Gasteiger charge is 2.15. The molecule has 6 nitrogen and oxygen atoms in total. The SMILES string of the molecule is COc1cnccc1C(=O)Nc1cc(F)cc(C(=O)Nc2ccccc2)c1. The van der Waals surface area contributed by atoms with E-state index in [1.807, 2.05) is 6.07 Å². The van der Waals surface area contributed by atoms with Crippen molar-refractivity contribution in [3.8, 4) is 5.75 Å². The van der Waals surface area contributed by atoms with E-state index in [4.69, 9.17) is 4.74 Å². The van der Waals surface area contributed by atoms with E-state index in [1.165, 1.54) is 31.6 Å². The third-order valence-electron chi connectivity index (χ3n) is 3.70. The molecule has 2 N–H and O–H groups in total. The van der Waals surface area contributed by atoms with Crippen molar-refractivity contribution in [1.29, 1.82) is 0 Å². The maximum absolute atomic E-state index is 14.0. The lowest BCUT2D eigenvalue weighted by atomic mass is 10.1. The fourth-order valence-electron chi connectivity index (χ4n) is 2.45. The molecule has 0 bridgehead atoms. The van der Waals surface area contributed by atoms with E-state index in [9.17, 15) is 14.0 Å². The Morgan fingerprint density at radius 1 is 0.963 bits per heavy atom. The number of para-hydroxylation sites is 1. The van der Waals surface area contributed by atoms with Gasteiger partial charge in [-0.05, 0) is 36.4 Å². The summed E-state index contributed by atoms with van der Waals surface area (Å²) in [5.74, 6) is -1.35. The van der Waals surface area contributed by atoms with Crippen LogP contribution in [0.3, 0.4) is 0 Å². The number of aromatic nitrogens is 1. The topological polar surface area (TPSA) is 80.3 Å². The molecule has 2 amide bonds. The number of nitrogens with zero attached hydrogens (tertiary/aromatic N) is 1. The molecule has 2 aromatic carbocycles. The van der Waals surface area contributed by atoms with Crippen LogP contribution in [0.2, 0.25) is 0 Å². The van der Waals surface area contributed by atoms with Gasteiger partial charge in [0.1, 0.15) is 11.6 Å². The van der Waals surface area contributed by atoms with Gasteiger partial charge >= 0.3 is 0 Å². The van der Waals surface area contributed by atoms with Crippen LogP contribution in [0.15, 0.2) is 67.0 Å². The van der Waals surface area contributed by atoms with E-state index in [0.29, 0.717) is 5.69 Å². The van der Waals surface area contributed by atoms with Crippen molar-refractivity contribution in [2.24, 2.45) is 0 Å². The number of amides is 2. The van der Waals surface area contributed by atoms with Crippen molar-refractivity contribution >= 4 is 23.2 Å². The first-order valence-electron chi connectivity index (χ1n) is 8.03. The van der Waals surface area contributed by atoms with Gasteiger partial charge in [0.15, 0.2) is 0 Å². The van der Waals surface area contributed by atoms with Crippen LogP contribution >= 0.6 is 0 Å². The van der Waals surface area contributed by atoms with Crippen LogP contribution in [0.4, 0.5) is 15.8 Å².